The van der Waals surface area contributed by atoms with Gasteiger partial charge in [0.05, 0.1) is 0 Å². The van der Waals surface area contributed by atoms with Crippen LogP contribution in [0.4, 0.5) is 0 Å². The second-order valence-electron chi connectivity index (χ2n) is 6.30. The average Bonchev–Trinajstić information content (AvgIpc) is 3.04. The van der Waals surface area contributed by atoms with Crippen LogP contribution in [-0.2, 0) is 13.5 Å². The van der Waals surface area contributed by atoms with Crippen molar-refractivity contribution in [2.45, 2.75) is 57.0 Å². The topological polar surface area (TPSA) is 33.1 Å². The fourth-order valence-corrected chi connectivity index (χ4v) is 3.84. The molecule has 1 unspecified atom stereocenters. The van der Waals surface area contributed by atoms with Crippen molar-refractivity contribution in [3.05, 3.63) is 18.0 Å². The van der Waals surface area contributed by atoms with Gasteiger partial charge in [0.15, 0.2) is 0 Å². The first-order valence-electron chi connectivity index (χ1n) is 7.98. The lowest BCUT2D eigenvalue weighted by atomic mass is 9.83. The zero-order valence-electron chi connectivity index (χ0n) is 13.5. The summed E-state index contributed by atoms with van der Waals surface area (Å²) in [7, 11) is 6.54. The molecule has 1 N–H and O–H groups in total. The number of aryl methyl sites for hydroxylation is 2. The van der Waals surface area contributed by atoms with Gasteiger partial charge in [-0.25, -0.2) is 0 Å². The quantitative estimate of drug-likeness (QED) is 0.830. The van der Waals surface area contributed by atoms with E-state index in [4.69, 9.17) is 0 Å². The van der Waals surface area contributed by atoms with Gasteiger partial charge in [-0.3, -0.25) is 4.68 Å². The summed E-state index contributed by atoms with van der Waals surface area (Å²) in [6.45, 7) is 3.26. The highest BCUT2D eigenvalue weighted by Crippen LogP contribution is 2.38. The minimum absolute atomic E-state index is 0.342. The van der Waals surface area contributed by atoms with Crippen molar-refractivity contribution in [2.75, 3.05) is 20.6 Å². The molecule has 20 heavy (non-hydrogen) atoms. The molecule has 1 aliphatic carbocycles. The summed E-state index contributed by atoms with van der Waals surface area (Å²) >= 11 is 0. The van der Waals surface area contributed by atoms with E-state index in [1.54, 1.807) is 0 Å². The maximum absolute atomic E-state index is 4.28. The van der Waals surface area contributed by atoms with Crippen LogP contribution in [0.2, 0.25) is 0 Å². The average molecular weight is 278 g/mol. The van der Waals surface area contributed by atoms with Gasteiger partial charge in [-0.2, -0.15) is 5.10 Å². The molecule has 1 fully saturated rings. The van der Waals surface area contributed by atoms with Crippen molar-refractivity contribution >= 4 is 0 Å². The number of nitrogens with zero attached hydrogens (tertiary/aromatic N) is 3. The highest BCUT2D eigenvalue weighted by molar-refractivity contribution is 5.06. The molecule has 0 bridgehead atoms. The predicted molar refractivity (Wildman–Crippen MR) is 83.9 cm³/mol. The first kappa shape index (κ1) is 15.5. The maximum Gasteiger partial charge on any atom is 0.0492 e. The molecule has 1 aromatic heterocycles. The minimum atomic E-state index is 0.342. The number of rotatable bonds is 7. The molecule has 4 heteroatoms. The Balaban J connectivity index is 2.07. The lowest BCUT2D eigenvalue weighted by Crippen LogP contribution is -2.57. The van der Waals surface area contributed by atoms with Gasteiger partial charge in [0.25, 0.3) is 0 Å². The van der Waals surface area contributed by atoms with Crippen LogP contribution in [0.5, 0.6) is 0 Å². The molecule has 1 heterocycles. The Kier molecular flexibility index (Phi) is 5.22. The van der Waals surface area contributed by atoms with Crippen molar-refractivity contribution < 1.29 is 0 Å². The summed E-state index contributed by atoms with van der Waals surface area (Å²) in [5, 5.41) is 8.03. The van der Waals surface area contributed by atoms with Gasteiger partial charge in [0.1, 0.15) is 0 Å². The number of hydrogen-bond acceptors (Lipinski definition) is 3. The van der Waals surface area contributed by atoms with Gasteiger partial charge in [0, 0.05) is 30.5 Å². The van der Waals surface area contributed by atoms with Crippen LogP contribution in [0.15, 0.2) is 12.3 Å². The molecular weight excluding hydrogens is 248 g/mol. The standard InChI is InChI=1S/C16H30N4/c1-5-17-15(9-8-14-10-13-18-20(14)4)16(19(2)3)11-6-7-12-16/h10,13,15,17H,5-9,11-12H2,1-4H3. The molecule has 1 saturated carbocycles. The normalized spacial score (nSPS) is 19.6. The number of likely N-dealkylation sites (N-methyl/N-ethyl adjacent to an activating group) is 2. The van der Waals surface area contributed by atoms with Crippen molar-refractivity contribution in [2.24, 2.45) is 7.05 Å². The number of nitrogens with one attached hydrogen (secondary N) is 1. The van der Waals surface area contributed by atoms with E-state index in [0.717, 1.165) is 13.0 Å². The molecule has 0 aliphatic heterocycles. The highest BCUT2D eigenvalue weighted by Gasteiger charge is 2.42. The monoisotopic (exact) mass is 278 g/mol. The zero-order valence-corrected chi connectivity index (χ0v) is 13.5. The Morgan fingerprint density at radius 2 is 2.10 bits per heavy atom. The van der Waals surface area contributed by atoms with Crippen LogP contribution in [0.25, 0.3) is 0 Å². The molecular formula is C16H30N4. The third kappa shape index (κ3) is 3.07. The highest BCUT2D eigenvalue weighted by atomic mass is 15.3. The zero-order chi connectivity index (χ0) is 14.6. The summed E-state index contributed by atoms with van der Waals surface area (Å²) in [5.74, 6) is 0. The number of hydrogen-bond donors (Lipinski definition) is 1. The predicted octanol–water partition coefficient (Wildman–Crippen LogP) is 2.21. The third-order valence-electron chi connectivity index (χ3n) is 5.07. The van der Waals surface area contributed by atoms with Crippen LogP contribution in [0.1, 0.15) is 44.7 Å². The van der Waals surface area contributed by atoms with Crippen molar-refractivity contribution in [3.8, 4) is 0 Å². The van der Waals surface area contributed by atoms with Crippen LogP contribution < -0.4 is 5.32 Å². The van der Waals surface area contributed by atoms with E-state index in [0.29, 0.717) is 11.6 Å². The van der Waals surface area contributed by atoms with E-state index in [-0.39, 0.29) is 0 Å². The van der Waals surface area contributed by atoms with Gasteiger partial charge in [-0.15, -0.1) is 0 Å². The molecule has 0 radical (unpaired) electrons. The summed E-state index contributed by atoms with van der Waals surface area (Å²) in [6.07, 6.45) is 9.56. The van der Waals surface area contributed by atoms with E-state index in [2.05, 4.69) is 42.4 Å². The molecule has 0 saturated heterocycles. The Hall–Kier alpha value is -0.870. The van der Waals surface area contributed by atoms with Crippen molar-refractivity contribution in [1.29, 1.82) is 0 Å². The number of aromatic nitrogens is 2. The van der Waals surface area contributed by atoms with Crippen molar-refractivity contribution in [3.63, 3.8) is 0 Å². The summed E-state index contributed by atoms with van der Waals surface area (Å²) in [4.78, 5) is 2.47. The fourth-order valence-electron chi connectivity index (χ4n) is 3.84. The maximum atomic E-state index is 4.28. The lowest BCUT2D eigenvalue weighted by Gasteiger charge is -2.44. The first-order valence-corrected chi connectivity index (χ1v) is 7.98. The molecule has 114 valence electrons. The Morgan fingerprint density at radius 1 is 1.40 bits per heavy atom. The Bertz CT molecular complexity index is 404. The van der Waals surface area contributed by atoms with E-state index in [9.17, 15) is 0 Å². The summed E-state index contributed by atoms with van der Waals surface area (Å²) in [6, 6.07) is 2.71. The molecule has 4 nitrogen and oxygen atoms in total. The van der Waals surface area contributed by atoms with E-state index in [1.807, 2.05) is 17.9 Å². The molecule has 0 aromatic carbocycles. The van der Waals surface area contributed by atoms with Gasteiger partial charge in [-0.05, 0) is 52.4 Å². The van der Waals surface area contributed by atoms with Crippen LogP contribution in [-0.4, -0.2) is 46.9 Å². The second-order valence-corrected chi connectivity index (χ2v) is 6.30. The van der Waals surface area contributed by atoms with Gasteiger partial charge in [0.2, 0.25) is 0 Å². The van der Waals surface area contributed by atoms with Crippen LogP contribution >= 0.6 is 0 Å². The summed E-state index contributed by atoms with van der Waals surface area (Å²) in [5.41, 5.74) is 1.68. The summed E-state index contributed by atoms with van der Waals surface area (Å²) < 4.78 is 2.00. The van der Waals surface area contributed by atoms with E-state index in [1.165, 1.54) is 37.8 Å². The Labute approximate surface area is 123 Å². The van der Waals surface area contributed by atoms with Crippen molar-refractivity contribution in [1.82, 2.24) is 20.0 Å². The second kappa shape index (κ2) is 6.72. The van der Waals surface area contributed by atoms with E-state index < -0.39 is 0 Å². The Morgan fingerprint density at radius 3 is 2.60 bits per heavy atom. The molecule has 2 rings (SSSR count). The van der Waals surface area contributed by atoms with E-state index >= 15 is 0 Å². The van der Waals surface area contributed by atoms with Gasteiger partial charge >= 0.3 is 0 Å². The van der Waals surface area contributed by atoms with Gasteiger partial charge < -0.3 is 10.2 Å². The molecule has 1 aliphatic rings. The molecule has 1 atom stereocenters. The van der Waals surface area contributed by atoms with Gasteiger partial charge in [-0.1, -0.05) is 19.8 Å². The molecule has 0 spiro atoms. The minimum Gasteiger partial charge on any atom is -0.312 e. The molecule has 1 aromatic rings. The fraction of sp³-hybridized carbons (Fsp3) is 0.812. The third-order valence-corrected chi connectivity index (χ3v) is 5.07. The van der Waals surface area contributed by atoms with Crippen LogP contribution in [0, 0.1) is 0 Å². The largest absolute Gasteiger partial charge is 0.312 e. The smallest absolute Gasteiger partial charge is 0.0492 e. The lowest BCUT2D eigenvalue weighted by molar-refractivity contribution is 0.101. The first-order chi connectivity index (χ1) is 9.60. The van der Waals surface area contributed by atoms with Crippen LogP contribution in [0.3, 0.4) is 0 Å². The molecule has 0 amide bonds. The SMILES string of the molecule is CCNC(CCc1ccnn1C)C1(N(C)C)CCCC1.